The highest BCUT2D eigenvalue weighted by Crippen LogP contribution is 2.34. The third-order valence-electron chi connectivity index (χ3n) is 7.48. The number of piperazine rings is 1. The molecule has 0 atom stereocenters. The number of fused-ring (bicyclic) bond motifs is 1. The Hall–Kier alpha value is -2.95. The zero-order chi connectivity index (χ0) is 29.0. The predicted octanol–water partition coefficient (Wildman–Crippen LogP) is 6.96. The molecule has 0 amide bonds. The van der Waals surface area contributed by atoms with Crippen LogP contribution in [0.1, 0.15) is 17.5 Å². The number of hydrogen-bond acceptors (Lipinski definition) is 5. The van der Waals surface area contributed by atoms with Gasteiger partial charge in [0, 0.05) is 68.5 Å². The van der Waals surface area contributed by atoms with Crippen molar-refractivity contribution in [1.29, 1.82) is 0 Å². The van der Waals surface area contributed by atoms with E-state index in [0.717, 1.165) is 79.8 Å². The Kier molecular flexibility index (Phi) is 10.7. The largest absolute Gasteiger partial charge is 0.573 e. The molecule has 11 heteroatoms. The van der Waals surface area contributed by atoms with Crippen LogP contribution in [0.15, 0.2) is 66.9 Å². The molecule has 5 rings (SSSR count). The monoisotopic (exact) mass is 622 g/mol. The SMILES string of the molecule is COc1cccc(CN2CCN(Cc3ccc4c(c3)c(-c3ccc(OC(F)(F)F)cc3)cn4CCCN)CC2)c1Cl.Cl. The number of benzene rings is 3. The maximum absolute atomic E-state index is 12.6. The van der Waals surface area contributed by atoms with E-state index >= 15 is 0 Å². The molecule has 3 aromatic carbocycles. The van der Waals surface area contributed by atoms with Crippen molar-refractivity contribution >= 4 is 34.9 Å². The van der Waals surface area contributed by atoms with Gasteiger partial charge in [-0.15, -0.1) is 25.6 Å². The summed E-state index contributed by atoms with van der Waals surface area (Å²) in [5, 5.41) is 1.73. The molecule has 0 spiro atoms. The van der Waals surface area contributed by atoms with Crippen LogP contribution in [0.2, 0.25) is 5.02 Å². The molecule has 0 aliphatic carbocycles. The van der Waals surface area contributed by atoms with Gasteiger partial charge in [0.2, 0.25) is 0 Å². The van der Waals surface area contributed by atoms with Gasteiger partial charge in [-0.05, 0) is 60.0 Å². The summed E-state index contributed by atoms with van der Waals surface area (Å²) in [4.78, 5) is 4.85. The number of nitrogens with two attached hydrogens (primary N) is 1. The fraction of sp³-hybridized carbons (Fsp3) is 0.355. The standard InChI is InChI=1S/C31H34ClF3N4O2.ClH/c1-40-29-5-2-4-24(30(29)32)20-38-16-14-37(15-17-38)19-22-6-11-28-26(18-22)27(21-39(28)13-3-12-36)23-7-9-25(10-8-23)41-31(33,34)35;/h2,4-11,18,21H,3,12-17,19-20,36H2,1H3;1H. The highest BCUT2D eigenvalue weighted by Gasteiger charge is 2.31. The highest BCUT2D eigenvalue weighted by atomic mass is 35.5. The summed E-state index contributed by atoms with van der Waals surface area (Å²) >= 11 is 6.51. The van der Waals surface area contributed by atoms with Crippen LogP contribution in [-0.2, 0) is 19.6 Å². The number of rotatable bonds is 10. The van der Waals surface area contributed by atoms with Crippen molar-refractivity contribution in [2.75, 3.05) is 39.8 Å². The molecule has 42 heavy (non-hydrogen) atoms. The van der Waals surface area contributed by atoms with Gasteiger partial charge in [-0.3, -0.25) is 9.80 Å². The van der Waals surface area contributed by atoms with Gasteiger partial charge in [-0.1, -0.05) is 41.9 Å². The highest BCUT2D eigenvalue weighted by molar-refractivity contribution is 6.32. The number of alkyl halides is 3. The number of halogens is 5. The van der Waals surface area contributed by atoms with Crippen molar-refractivity contribution in [2.24, 2.45) is 5.73 Å². The Morgan fingerprint density at radius 3 is 2.26 bits per heavy atom. The summed E-state index contributed by atoms with van der Waals surface area (Å²) in [6.07, 6.45) is -1.83. The van der Waals surface area contributed by atoms with Crippen LogP contribution in [0, 0.1) is 0 Å². The minimum absolute atomic E-state index is 0. The van der Waals surface area contributed by atoms with Gasteiger partial charge in [0.25, 0.3) is 0 Å². The predicted molar refractivity (Wildman–Crippen MR) is 164 cm³/mol. The van der Waals surface area contributed by atoms with Crippen LogP contribution in [-0.4, -0.2) is 60.6 Å². The Bertz CT molecular complexity index is 1470. The van der Waals surface area contributed by atoms with E-state index in [4.69, 9.17) is 22.1 Å². The topological polar surface area (TPSA) is 55.9 Å². The first-order valence-electron chi connectivity index (χ1n) is 13.7. The lowest BCUT2D eigenvalue weighted by molar-refractivity contribution is -0.274. The summed E-state index contributed by atoms with van der Waals surface area (Å²) in [7, 11) is 1.63. The van der Waals surface area contributed by atoms with Crippen LogP contribution in [0.25, 0.3) is 22.0 Å². The third-order valence-corrected chi connectivity index (χ3v) is 7.90. The molecule has 6 nitrogen and oxygen atoms in total. The van der Waals surface area contributed by atoms with E-state index in [0.29, 0.717) is 17.3 Å². The molecular formula is C31H35Cl2F3N4O2. The fourth-order valence-corrected chi connectivity index (χ4v) is 5.66. The summed E-state index contributed by atoms with van der Waals surface area (Å²) < 4.78 is 49.5. The van der Waals surface area contributed by atoms with Gasteiger partial charge >= 0.3 is 6.36 Å². The molecule has 1 aromatic heterocycles. The Morgan fingerprint density at radius 1 is 0.929 bits per heavy atom. The van der Waals surface area contributed by atoms with Crippen LogP contribution >= 0.6 is 24.0 Å². The van der Waals surface area contributed by atoms with Crippen molar-refractivity contribution < 1.29 is 22.6 Å². The molecule has 226 valence electrons. The molecule has 2 heterocycles. The van der Waals surface area contributed by atoms with Crippen LogP contribution in [0.4, 0.5) is 13.2 Å². The lowest BCUT2D eigenvalue weighted by Crippen LogP contribution is -2.45. The molecule has 1 fully saturated rings. The average molecular weight is 624 g/mol. The molecule has 1 saturated heterocycles. The van der Waals surface area contributed by atoms with E-state index in [9.17, 15) is 13.2 Å². The van der Waals surface area contributed by atoms with E-state index < -0.39 is 6.36 Å². The smallest absolute Gasteiger partial charge is 0.495 e. The number of aryl methyl sites for hydroxylation is 1. The molecule has 0 bridgehead atoms. The maximum Gasteiger partial charge on any atom is 0.573 e. The lowest BCUT2D eigenvalue weighted by atomic mass is 10.0. The zero-order valence-corrected chi connectivity index (χ0v) is 24.9. The molecule has 0 unspecified atom stereocenters. The minimum atomic E-state index is -4.72. The minimum Gasteiger partial charge on any atom is -0.495 e. The van der Waals surface area contributed by atoms with Crippen LogP contribution in [0.3, 0.4) is 0 Å². The zero-order valence-electron chi connectivity index (χ0n) is 23.4. The first-order chi connectivity index (χ1) is 19.7. The fourth-order valence-electron chi connectivity index (χ4n) is 5.40. The van der Waals surface area contributed by atoms with Crippen LogP contribution in [0.5, 0.6) is 11.5 Å². The van der Waals surface area contributed by atoms with E-state index in [1.54, 1.807) is 19.2 Å². The maximum atomic E-state index is 12.6. The van der Waals surface area contributed by atoms with E-state index in [-0.39, 0.29) is 18.2 Å². The van der Waals surface area contributed by atoms with Crippen LogP contribution < -0.4 is 15.2 Å². The van der Waals surface area contributed by atoms with E-state index in [1.807, 2.05) is 18.2 Å². The first kappa shape index (κ1) is 32.0. The van der Waals surface area contributed by atoms with Gasteiger partial charge in [0.15, 0.2) is 0 Å². The molecular weight excluding hydrogens is 588 g/mol. The third kappa shape index (κ3) is 7.71. The molecule has 0 radical (unpaired) electrons. The van der Waals surface area contributed by atoms with Gasteiger partial charge in [-0.2, -0.15) is 0 Å². The first-order valence-corrected chi connectivity index (χ1v) is 14.1. The van der Waals surface area contributed by atoms with Crippen molar-refractivity contribution in [3.63, 3.8) is 0 Å². The van der Waals surface area contributed by atoms with E-state index in [2.05, 4.69) is 43.5 Å². The lowest BCUT2D eigenvalue weighted by Gasteiger charge is -2.35. The van der Waals surface area contributed by atoms with Gasteiger partial charge < -0.3 is 19.8 Å². The second kappa shape index (κ2) is 14.0. The average Bonchev–Trinajstić information content (AvgIpc) is 3.31. The summed E-state index contributed by atoms with van der Waals surface area (Å²) in [5.74, 6) is 0.460. The van der Waals surface area contributed by atoms with Gasteiger partial charge in [0.05, 0.1) is 12.1 Å². The quantitative estimate of drug-likeness (QED) is 0.207. The normalized spacial score (nSPS) is 14.6. The number of aromatic nitrogens is 1. The number of methoxy groups -OCH3 is 1. The van der Waals surface area contributed by atoms with Crippen molar-refractivity contribution in [2.45, 2.75) is 32.4 Å². The number of nitrogens with zero attached hydrogens (tertiary/aromatic N) is 3. The number of hydrogen-bond donors (Lipinski definition) is 1. The molecule has 2 N–H and O–H groups in total. The Balaban J connectivity index is 0.00000405. The summed E-state index contributed by atoms with van der Waals surface area (Å²) in [6, 6.07) is 18.4. The second-order valence-corrected chi connectivity index (χ2v) is 10.7. The molecule has 1 aliphatic rings. The van der Waals surface area contributed by atoms with Crippen molar-refractivity contribution in [3.8, 4) is 22.6 Å². The van der Waals surface area contributed by atoms with Gasteiger partial charge in [-0.25, -0.2) is 0 Å². The summed E-state index contributed by atoms with van der Waals surface area (Å²) in [6.45, 7) is 6.67. The van der Waals surface area contributed by atoms with Gasteiger partial charge in [0.1, 0.15) is 11.5 Å². The Morgan fingerprint density at radius 2 is 1.62 bits per heavy atom. The van der Waals surface area contributed by atoms with E-state index in [1.165, 1.54) is 17.7 Å². The number of ether oxygens (including phenoxy) is 2. The van der Waals surface area contributed by atoms with Crippen molar-refractivity contribution in [1.82, 2.24) is 14.4 Å². The molecule has 4 aromatic rings. The summed E-state index contributed by atoms with van der Waals surface area (Å²) in [5.41, 5.74) is 10.9. The second-order valence-electron chi connectivity index (χ2n) is 10.3. The Labute approximate surface area is 255 Å². The molecule has 1 aliphatic heterocycles. The van der Waals surface area contributed by atoms with Crippen molar-refractivity contribution in [3.05, 3.63) is 83.0 Å². The molecule has 0 saturated carbocycles.